The van der Waals surface area contributed by atoms with E-state index in [1.165, 1.54) is 9.28 Å². The van der Waals surface area contributed by atoms with Gasteiger partial charge in [0.2, 0.25) is 0 Å². The maximum atomic E-state index is 5.91. The highest BCUT2D eigenvalue weighted by atomic mass is 127. The van der Waals surface area contributed by atoms with E-state index in [1.807, 2.05) is 24.3 Å². The number of hydrogen-bond donors (Lipinski definition) is 0. The fraction of sp³-hybridized carbons (Fsp3) is 0.143. The second kappa shape index (κ2) is 5.27. The molecule has 0 saturated heterocycles. The van der Waals surface area contributed by atoms with E-state index in [0.29, 0.717) is 0 Å². The number of halogens is 2. The zero-order valence-corrected chi connectivity index (χ0v) is 12.5. The van der Waals surface area contributed by atoms with Gasteiger partial charge in [-0.3, -0.25) is 0 Å². The van der Waals surface area contributed by atoms with Crippen molar-refractivity contribution in [1.29, 1.82) is 0 Å². The van der Waals surface area contributed by atoms with Crippen molar-refractivity contribution in [3.63, 3.8) is 0 Å². The Labute approximate surface area is 121 Å². The van der Waals surface area contributed by atoms with Crippen LogP contribution in [-0.4, -0.2) is 11.4 Å². The third kappa shape index (κ3) is 2.58. The van der Waals surface area contributed by atoms with Gasteiger partial charge >= 0.3 is 0 Å². The average Bonchev–Trinajstić information content (AvgIpc) is 2.34. The lowest BCUT2D eigenvalue weighted by Crippen LogP contribution is -2.22. The van der Waals surface area contributed by atoms with Gasteiger partial charge in [0.1, 0.15) is 0 Å². The van der Waals surface area contributed by atoms with Crippen molar-refractivity contribution < 1.29 is 0 Å². The first-order valence-corrected chi connectivity index (χ1v) is 6.89. The summed E-state index contributed by atoms with van der Waals surface area (Å²) in [5, 5.41) is 0.761. The summed E-state index contributed by atoms with van der Waals surface area (Å²) in [4.78, 5) is 2.21. The molecule has 17 heavy (non-hydrogen) atoms. The van der Waals surface area contributed by atoms with Gasteiger partial charge in [-0.2, -0.15) is 0 Å². The van der Waals surface area contributed by atoms with Gasteiger partial charge in [0.15, 0.2) is 0 Å². The van der Waals surface area contributed by atoms with Crippen LogP contribution in [0.25, 0.3) is 5.70 Å². The fourth-order valence-corrected chi connectivity index (χ4v) is 2.44. The van der Waals surface area contributed by atoms with Crippen LogP contribution in [0.3, 0.4) is 0 Å². The molecule has 2 rings (SSSR count). The van der Waals surface area contributed by atoms with Gasteiger partial charge in [-0.1, -0.05) is 30.3 Å². The second-order valence-corrected chi connectivity index (χ2v) is 5.36. The number of nitrogens with zero attached hydrogens (tertiary/aromatic N) is 1. The van der Waals surface area contributed by atoms with Gasteiger partial charge in [-0.05, 0) is 59.4 Å². The molecule has 1 nitrogen and oxygen atoms in total. The monoisotopic (exact) mass is 357 g/mol. The van der Waals surface area contributed by atoms with E-state index in [4.69, 9.17) is 11.6 Å². The molecule has 0 N–H and O–H groups in total. The minimum absolute atomic E-state index is 0.761. The summed E-state index contributed by atoms with van der Waals surface area (Å²) in [6.07, 6.45) is 4.22. The van der Waals surface area contributed by atoms with Crippen LogP contribution in [0.4, 0.5) is 0 Å². The summed E-state index contributed by atoms with van der Waals surface area (Å²) >= 11 is 8.22. The summed E-state index contributed by atoms with van der Waals surface area (Å²) in [5.74, 6) is 0. The Kier molecular flexibility index (Phi) is 3.94. The summed E-state index contributed by atoms with van der Waals surface area (Å²) in [6, 6.07) is 7.90. The zero-order valence-electron chi connectivity index (χ0n) is 9.58. The first-order chi connectivity index (χ1) is 8.13. The summed E-state index contributed by atoms with van der Waals surface area (Å²) < 4.78 is 1.18. The number of benzene rings is 1. The number of hydrogen-bond acceptors (Lipinski definition) is 1. The smallest absolute Gasteiger partial charge is 0.0484 e. The lowest BCUT2D eigenvalue weighted by atomic mass is 10.1. The van der Waals surface area contributed by atoms with Crippen molar-refractivity contribution in [1.82, 2.24) is 4.90 Å². The van der Waals surface area contributed by atoms with E-state index in [-0.39, 0.29) is 0 Å². The molecule has 1 heterocycles. The van der Waals surface area contributed by atoms with Crippen LogP contribution in [0.5, 0.6) is 0 Å². The van der Waals surface area contributed by atoms with Gasteiger partial charge < -0.3 is 4.90 Å². The van der Waals surface area contributed by atoms with Crippen molar-refractivity contribution in [3.05, 3.63) is 62.9 Å². The Morgan fingerprint density at radius 3 is 2.47 bits per heavy atom. The van der Waals surface area contributed by atoms with Gasteiger partial charge in [0.25, 0.3) is 0 Å². The molecule has 0 bridgehead atoms. The number of allylic oxidation sites excluding steroid dienone is 3. The van der Waals surface area contributed by atoms with Crippen LogP contribution in [-0.2, 0) is 0 Å². The normalized spacial score (nSPS) is 15.7. The Morgan fingerprint density at radius 1 is 1.24 bits per heavy atom. The third-order valence-corrected chi connectivity index (χ3v) is 3.97. The van der Waals surface area contributed by atoms with Gasteiger partial charge in [0.05, 0.1) is 0 Å². The molecule has 0 unspecified atom stereocenters. The number of rotatable bonds is 2. The average molecular weight is 358 g/mol. The highest BCUT2D eigenvalue weighted by Gasteiger charge is 2.17. The maximum Gasteiger partial charge on any atom is 0.0484 e. The molecular formula is C14H13ClIN. The minimum Gasteiger partial charge on any atom is -0.341 e. The Bertz CT molecular complexity index is 499. The minimum atomic E-state index is 0.761. The zero-order chi connectivity index (χ0) is 12.4. The topological polar surface area (TPSA) is 3.24 Å². The Morgan fingerprint density at radius 2 is 1.88 bits per heavy atom. The molecule has 0 aliphatic carbocycles. The van der Waals surface area contributed by atoms with E-state index in [0.717, 1.165) is 22.8 Å². The van der Waals surface area contributed by atoms with Gasteiger partial charge in [-0.25, -0.2) is 0 Å². The predicted octanol–water partition coefficient (Wildman–Crippen LogP) is 4.85. The molecule has 0 aromatic heterocycles. The van der Waals surface area contributed by atoms with Crippen LogP contribution in [0.1, 0.15) is 12.5 Å². The Balaban J connectivity index is 2.43. The molecular weight excluding hydrogens is 345 g/mol. The lowest BCUT2D eigenvalue weighted by molar-refractivity contribution is 0.529. The quantitative estimate of drug-likeness (QED) is 0.684. The van der Waals surface area contributed by atoms with Crippen LogP contribution in [0.15, 0.2) is 52.3 Å². The molecule has 0 amide bonds. The van der Waals surface area contributed by atoms with Crippen molar-refractivity contribution >= 4 is 39.9 Å². The van der Waals surface area contributed by atoms with Crippen LogP contribution >= 0.6 is 34.2 Å². The molecule has 1 aromatic rings. The number of likely N-dealkylation sites (N-methyl/N-ethyl adjacent to an activating group) is 1. The van der Waals surface area contributed by atoms with Gasteiger partial charge in [-0.15, -0.1) is 0 Å². The highest BCUT2D eigenvalue weighted by Crippen LogP contribution is 2.33. The molecule has 0 atom stereocenters. The fourth-order valence-electron chi connectivity index (χ4n) is 1.85. The van der Waals surface area contributed by atoms with Crippen LogP contribution in [0, 0.1) is 0 Å². The molecule has 1 aliphatic heterocycles. The largest absolute Gasteiger partial charge is 0.341 e. The van der Waals surface area contributed by atoms with Crippen molar-refractivity contribution in [2.24, 2.45) is 0 Å². The van der Waals surface area contributed by atoms with E-state index < -0.39 is 0 Å². The molecule has 0 radical (unpaired) electrons. The van der Waals surface area contributed by atoms with Crippen LogP contribution < -0.4 is 0 Å². The maximum absolute atomic E-state index is 5.91. The molecule has 1 aromatic carbocycles. The summed E-state index contributed by atoms with van der Waals surface area (Å²) in [6.45, 7) is 7.16. The lowest BCUT2D eigenvalue weighted by Gasteiger charge is -2.30. The SMILES string of the molecule is C=C1C(I)=CC=C(c2ccc(Cl)cc2)N1CC. The van der Waals surface area contributed by atoms with Gasteiger partial charge in [0, 0.05) is 26.5 Å². The summed E-state index contributed by atoms with van der Waals surface area (Å²) in [7, 11) is 0. The van der Waals surface area contributed by atoms with Crippen molar-refractivity contribution in [3.8, 4) is 0 Å². The highest BCUT2D eigenvalue weighted by molar-refractivity contribution is 14.1. The van der Waals surface area contributed by atoms with E-state index in [2.05, 4.69) is 53.1 Å². The Hall–Kier alpha value is -0.740. The molecule has 1 aliphatic rings. The van der Waals surface area contributed by atoms with E-state index in [1.54, 1.807) is 0 Å². The predicted molar refractivity (Wildman–Crippen MR) is 83.1 cm³/mol. The molecule has 88 valence electrons. The van der Waals surface area contributed by atoms with E-state index >= 15 is 0 Å². The first kappa shape index (κ1) is 12.7. The third-order valence-electron chi connectivity index (χ3n) is 2.74. The van der Waals surface area contributed by atoms with E-state index in [9.17, 15) is 0 Å². The standard InChI is InChI=1S/C14H13ClIN/c1-3-17-10(2)13(16)8-9-14(17)11-4-6-12(15)7-5-11/h4-9H,2-3H2,1H3. The molecule has 0 spiro atoms. The van der Waals surface area contributed by atoms with Crippen molar-refractivity contribution in [2.45, 2.75) is 6.92 Å². The first-order valence-electron chi connectivity index (χ1n) is 5.43. The molecule has 3 heteroatoms. The summed E-state index contributed by atoms with van der Waals surface area (Å²) in [5.41, 5.74) is 3.40. The van der Waals surface area contributed by atoms with Crippen LogP contribution in [0.2, 0.25) is 5.02 Å². The molecule has 0 saturated carbocycles. The van der Waals surface area contributed by atoms with Crippen molar-refractivity contribution in [2.75, 3.05) is 6.54 Å². The molecule has 0 fully saturated rings. The second-order valence-electron chi connectivity index (χ2n) is 3.76.